The Balaban J connectivity index is 2.57. The number of alkyl halides is 1. The van der Waals surface area contributed by atoms with Crippen LogP contribution in [0.1, 0.15) is 36.7 Å². The summed E-state index contributed by atoms with van der Waals surface area (Å²) in [6.45, 7) is 6.36. The number of anilines is 1. The van der Waals surface area contributed by atoms with Crippen LogP contribution < -0.4 is 4.90 Å². The monoisotopic (exact) mass is 265 g/mol. The summed E-state index contributed by atoms with van der Waals surface area (Å²) in [5.41, 5.74) is 1.81. The molecule has 0 spiro atoms. The highest BCUT2D eigenvalue weighted by Gasteiger charge is 2.43. The number of rotatable bonds is 3. The van der Waals surface area contributed by atoms with Gasteiger partial charge in [-0.3, -0.25) is 9.59 Å². The van der Waals surface area contributed by atoms with Crippen molar-refractivity contribution in [2.75, 3.05) is 17.3 Å². The minimum Gasteiger partial charge on any atom is -0.312 e. The third-order valence-electron chi connectivity index (χ3n) is 3.50. The number of nitrogens with zero attached hydrogens (tertiary/aromatic N) is 1. The summed E-state index contributed by atoms with van der Waals surface area (Å²) in [5.74, 6) is -0.0712. The zero-order chi connectivity index (χ0) is 13.5. The first-order valence-electron chi connectivity index (χ1n) is 5.99. The molecule has 0 saturated carbocycles. The van der Waals surface area contributed by atoms with E-state index >= 15 is 0 Å². The average molecular weight is 266 g/mol. The summed E-state index contributed by atoms with van der Waals surface area (Å²) >= 11 is 5.57. The summed E-state index contributed by atoms with van der Waals surface area (Å²) < 4.78 is 0. The van der Waals surface area contributed by atoms with Crippen LogP contribution in [0.4, 0.5) is 5.69 Å². The van der Waals surface area contributed by atoms with Gasteiger partial charge < -0.3 is 4.90 Å². The van der Waals surface area contributed by atoms with Crippen LogP contribution in [-0.2, 0) is 10.2 Å². The van der Waals surface area contributed by atoms with Crippen LogP contribution >= 0.6 is 11.6 Å². The van der Waals surface area contributed by atoms with Gasteiger partial charge in [-0.2, -0.15) is 0 Å². The Bertz CT molecular complexity index is 523. The Kier molecular flexibility index (Phi) is 3.20. The number of ketones is 1. The number of halogens is 1. The van der Waals surface area contributed by atoms with Gasteiger partial charge in [0.05, 0.1) is 11.3 Å². The number of fused-ring (bicyclic) bond motifs is 1. The second kappa shape index (κ2) is 4.39. The van der Waals surface area contributed by atoms with Gasteiger partial charge in [0.2, 0.25) is 5.91 Å². The van der Waals surface area contributed by atoms with Gasteiger partial charge in [0.1, 0.15) is 0 Å². The highest BCUT2D eigenvalue weighted by atomic mass is 35.5. The smallest absolute Gasteiger partial charge is 0.237 e. The minimum absolute atomic E-state index is 0.0370. The van der Waals surface area contributed by atoms with Gasteiger partial charge in [-0.25, -0.2) is 0 Å². The van der Waals surface area contributed by atoms with E-state index in [9.17, 15) is 9.59 Å². The normalized spacial score (nSPS) is 16.9. The van der Waals surface area contributed by atoms with Crippen LogP contribution in [-0.4, -0.2) is 24.1 Å². The molecule has 1 aromatic carbocycles. The molecule has 0 atom stereocenters. The maximum Gasteiger partial charge on any atom is 0.237 e. The fourth-order valence-electron chi connectivity index (χ4n) is 2.40. The SMILES string of the molecule is CCN1C(=O)C(C)(C)c2cc(C(=O)CCl)ccc21. The lowest BCUT2D eigenvalue weighted by atomic mass is 9.85. The van der Waals surface area contributed by atoms with E-state index in [4.69, 9.17) is 11.6 Å². The molecule has 0 aromatic heterocycles. The van der Waals surface area contributed by atoms with Crippen molar-refractivity contribution in [1.29, 1.82) is 0 Å². The van der Waals surface area contributed by atoms with Gasteiger partial charge in [-0.15, -0.1) is 11.6 Å². The van der Waals surface area contributed by atoms with Gasteiger partial charge in [0.15, 0.2) is 5.78 Å². The number of Topliss-reactive ketones (excluding diaryl/α,β-unsaturated/α-hetero) is 1. The van der Waals surface area contributed by atoms with Crippen molar-refractivity contribution in [1.82, 2.24) is 0 Å². The van der Waals surface area contributed by atoms with E-state index in [-0.39, 0.29) is 17.6 Å². The molecule has 0 unspecified atom stereocenters. The van der Waals surface area contributed by atoms with Crippen LogP contribution in [0.2, 0.25) is 0 Å². The molecule has 0 bridgehead atoms. The van der Waals surface area contributed by atoms with E-state index in [0.717, 1.165) is 11.3 Å². The van der Waals surface area contributed by atoms with E-state index in [2.05, 4.69) is 0 Å². The molecule has 1 aliphatic rings. The van der Waals surface area contributed by atoms with Crippen molar-refractivity contribution in [2.24, 2.45) is 0 Å². The highest BCUT2D eigenvalue weighted by molar-refractivity contribution is 6.30. The molecule has 3 nitrogen and oxygen atoms in total. The van der Waals surface area contributed by atoms with Crippen molar-refractivity contribution in [3.63, 3.8) is 0 Å². The van der Waals surface area contributed by atoms with Crippen LogP contribution in [0.3, 0.4) is 0 Å². The Morgan fingerprint density at radius 1 is 1.39 bits per heavy atom. The molecule has 1 aliphatic heterocycles. The van der Waals surface area contributed by atoms with Gasteiger partial charge in [0, 0.05) is 17.8 Å². The molecule has 0 saturated heterocycles. The van der Waals surface area contributed by atoms with Crippen molar-refractivity contribution in [3.05, 3.63) is 29.3 Å². The Hall–Kier alpha value is -1.35. The zero-order valence-corrected chi connectivity index (χ0v) is 11.5. The molecule has 0 N–H and O–H groups in total. The molecule has 1 amide bonds. The maximum atomic E-state index is 12.3. The lowest BCUT2D eigenvalue weighted by Crippen LogP contribution is -2.35. The van der Waals surface area contributed by atoms with Crippen molar-refractivity contribution < 1.29 is 9.59 Å². The number of carbonyl (C=O) groups excluding carboxylic acids is 2. The summed E-state index contributed by atoms with van der Waals surface area (Å²) in [5, 5.41) is 0. The highest BCUT2D eigenvalue weighted by Crippen LogP contribution is 2.41. The van der Waals surface area contributed by atoms with Gasteiger partial charge in [0.25, 0.3) is 0 Å². The fraction of sp³-hybridized carbons (Fsp3) is 0.429. The predicted molar refractivity (Wildman–Crippen MR) is 72.5 cm³/mol. The Labute approximate surface area is 112 Å². The minimum atomic E-state index is -0.575. The second-order valence-corrected chi connectivity index (χ2v) is 5.23. The summed E-state index contributed by atoms with van der Waals surface area (Å²) in [6.07, 6.45) is 0. The molecule has 0 aliphatic carbocycles. The van der Waals surface area contributed by atoms with E-state index in [1.54, 1.807) is 17.0 Å². The number of benzene rings is 1. The fourth-order valence-corrected chi connectivity index (χ4v) is 2.55. The van der Waals surface area contributed by atoms with Gasteiger partial charge >= 0.3 is 0 Å². The first kappa shape index (κ1) is 13.1. The lowest BCUT2D eigenvalue weighted by molar-refractivity contribution is -0.122. The van der Waals surface area contributed by atoms with Gasteiger partial charge in [-0.1, -0.05) is 0 Å². The largest absolute Gasteiger partial charge is 0.312 e. The number of hydrogen-bond acceptors (Lipinski definition) is 2. The molecule has 18 heavy (non-hydrogen) atoms. The third kappa shape index (κ3) is 1.74. The van der Waals surface area contributed by atoms with Crippen LogP contribution in [0.25, 0.3) is 0 Å². The quantitative estimate of drug-likeness (QED) is 0.623. The number of likely N-dealkylation sites (N-methyl/N-ethyl adjacent to an activating group) is 1. The first-order valence-corrected chi connectivity index (χ1v) is 6.52. The average Bonchev–Trinajstić information content (AvgIpc) is 2.56. The molecule has 96 valence electrons. The summed E-state index contributed by atoms with van der Waals surface area (Å²) in [6, 6.07) is 5.37. The van der Waals surface area contributed by atoms with E-state index in [1.807, 2.05) is 26.8 Å². The number of hydrogen-bond donors (Lipinski definition) is 0. The third-order valence-corrected chi connectivity index (χ3v) is 3.74. The van der Waals surface area contributed by atoms with Gasteiger partial charge in [-0.05, 0) is 44.5 Å². The molecule has 2 rings (SSSR count). The van der Waals surface area contributed by atoms with Crippen molar-refractivity contribution in [3.8, 4) is 0 Å². The Morgan fingerprint density at radius 3 is 2.61 bits per heavy atom. The first-order chi connectivity index (χ1) is 8.43. The molecule has 4 heteroatoms. The van der Waals surface area contributed by atoms with E-state index in [1.165, 1.54) is 0 Å². The molecule has 0 fully saturated rings. The van der Waals surface area contributed by atoms with Crippen LogP contribution in [0, 0.1) is 0 Å². The standard InChI is InChI=1S/C14H16ClNO2/c1-4-16-11-6-5-9(12(17)8-15)7-10(11)14(2,3)13(16)18/h5-7H,4,8H2,1-3H3. The van der Waals surface area contributed by atoms with Crippen LogP contribution in [0.5, 0.6) is 0 Å². The van der Waals surface area contributed by atoms with Crippen molar-refractivity contribution in [2.45, 2.75) is 26.2 Å². The summed E-state index contributed by atoms with van der Waals surface area (Å²) in [4.78, 5) is 25.7. The Morgan fingerprint density at radius 2 is 2.06 bits per heavy atom. The number of amides is 1. The molecular formula is C14H16ClNO2. The second-order valence-electron chi connectivity index (χ2n) is 4.96. The van der Waals surface area contributed by atoms with E-state index in [0.29, 0.717) is 12.1 Å². The zero-order valence-electron chi connectivity index (χ0n) is 10.8. The maximum absolute atomic E-state index is 12.3. The summed E-state index contributed by atoms with van der Waals surface area (Å²) in [7, 11) is 0. The lowest BCUT2D eigenvalue weighted by Gasteiger charge is -2.18. The van der Waals surface area contributed by atoms with E-state index < -0.39 is 5.41 Å². The van der Waals surface area contributed by atoms with Crippen molar-refractivity contribution >= 4 is 29.0 Å². The molecule has 1 aromatic rings. The van der Waals surface area contributed by atoms with Crippen LogP contribution in [0.15, 0.2) is 18.2 Å². The predicted octanol–water partition coefficient (Wildman–Crippen LogP) is 2.75. The molecular weight excluding hydrogens is 250 g/mol. The molecule has 1 heterocycles. The number of carbonyl (C=O) groups is 2. The molecule has 0 radical (unpaired) electrons. The topological polar surface area (TPSA) is 37.4 Å².